The Labute approximate surface area is 156 Å². The highest BCUT2D eigenvalue weighted by atomic mass is 32.1. The van der Waals surface area contributed by atoms with E-state index in [9.17, 15) is 4.79 Å². The molecule has 0 saturated carbocycles. The first kappa shape index (κ1) is 18.6. The minimum absolute atomic E-state index is 0.0931. The van der Waals surface area contributed by atoms with Gasteiger partial charge in [-0.1, -0.05) is 36.4 Å². The molecule has 0 aliphatic heterocycles. The minimum Gasteiger partial charge on any atom is -0.483 e. The maximum absolute atomic E-state index is 11.8. The lowest BCUT2D eigenvalue weighted by atomic mass is 10.2. The Morgan fingerprint density at radius 1 is 0.960 bits per heavy atom. The summed E-state index contributed by atoms with van der Waals surface area (Å²) in [5.74, 6) is 0.285. The van der Waals surface area contributed by atoms with E-state index in [0.717, 1.165) is 11.3 Å². The molecule has 4 N–H and O–H groups in total. The van der Waals surface area contributed by atoms with Gasteiger partial charge in [0.2, 0.25) is 0 Å². The van der Waals surface area contributed by atoms with Crippen LogP contribution in [0.5, 0.6) is 5.75 Å². The molecule has 2 aromatic rings. The summed E-state index contributed by atoms with van der Waals surface area (Å²) in [6.07, 6.45) is 0. The quantitative estimate of drug-likeness (QED) is 0.483. The minimum atomic E-state index is -0.371. The molecule has 0 aliphatic rings. The van der Waals surface area contributed by atoms with Crippen molar-refractivity contribution in [1.29, 1.82) is 0 Å². The fraction of sp³-hybridized carbons (Fsp3) is 0.118. The second-order valence-electron chi connectivity index (χ2n) is 5.00. The standard InChI is InChI=1S/C17H18N4O2S2/c1-12-7-5-6-10-14(12)23-11-15(22)19-17(25)21-20-16(24)18-13-8-3-2-4-9-13/h2-10H,11H2,1H3,(H2,18,20,24)(H2,19,21,22,25). The highest BCUT2D eigenvalue weighted by Gasteiger charge is 2.07. The van der Waals surface area contributed by atoms with E-state index >= 15 is 0 Å². The van der Waals surface area contributed by atoms with E-state index < -0.39 is 0 Å². The molecular weight excluding hydrogens is 356 g/mol. The Hall–Kier alpha value is -2.71. The molecule has 0 atom stereocenters. The molecule has 130 valence electrons. The number of rotatable bonds is 4. The zero-order valence-electron chi connectivity index (χ0n) is 13.5. The summed E-state index contributed by atoms with van der Waals surface area (Å²) in [4.78, 5) is 11.8. The number of carbonyl (C=O) groups excluding carboxylic acids is 1. The maximum Gasteiger partial charge on any atom is 0.264 e. The number of amides is 1. The van der Waals surface area contributed by atoms with Crippen molar-refractivity contribution in [3.63, 3.8) is 0 Å². The molecule has 0 unspecified atom stereocenters. The number of ether oxygens (including phenoxy) is 1. The molecule has 0 heterocycles. The van der Waals surface area contributed by atoms with Crippen molar-refractivity contribution in [2.24, 2.45) is 0 Å². The first-order valence-corrected chi connectivity index (χ1v) is 8.26. The van der Waals surface area contributed by atoms with Gasteiger partial charge in [0.05, 0.1) is 0 Å². The second kappa shape index (κ2) is 9.55. The largest absolute Gasteiger partial charge is 0.483 e. The first-order valence-electron chi connectivity index (χ1n) is 7.45. The third-order valence-corrected chi connectivity index (χ3v) is 3.43. The normalized spacial score (nSPS) is 9.64. The number of carbonyl (C=O) groups is 1. The lowest BCUT2D eigenvalue weighted by molar-refractivity contribution is -0.121. The number of anilines is 1. The Balaban J connectivity index is 1.68. The van der Waals surface area contributed by atoms with Crippen molar-refractivity contribution < 1.29 is 9.53 Å². The third-order valence-electron chi connectivity index (χ3n) is 3.03. The van der Waals surface area contributed by atoms with Crippen molar-refractivity contribution in [3.8, 4) is 5.75 Å². The van der Waals surface area contributed by atoms with E-state index in [1.165, 1.54) is 0 Å². The van der Waals surface area contributed by atoms with Crippen LogP contribution >= 0.6 is 24.4 Å². The van der Waals surface area contributed by atoms with Crippen LogP contribution in [-0.2, 0) is 4.79 Å². The molecule has 0 aliphatic carbocycles. The molecule has 0 bridgehead atoms. The van der Waals surface area contributed by atoms with Crippen LogP contribution in [0.25, 0.3) is 0 Å². The van der Waals surface area contributed by atoms with Gasteiger partial charge in [-0.25, -0.2) is 0 Å². The number of aryl methyl sites for hydroxylation is 1. The molecule has 1 amide bonds. The third kappa shape index (κ3) is 6.74. The van der Waals surface area contributed by atoms with Gasteiger partial charge in [-0.2, -0.15) is 0 Å². The SMILES string of the molecule is Cc1ccccc1OCC(=O)NC(=S)NNC(=S)Nc1ccccc1. The molecule has 0 spiro atoms. The fourth-order valence-corrected chi connectivity index (χ4v) is 2.19. The van der Waals surface area contributed by atoms with Crippen LogP contribution in [0, 0.1) is 6.92 Å². The number of hydrazine groups is 1. The Kier molecular flexibility index (Phi) is 7.12. The van der Waals surface area contributed by atoms with Gasteiger partial charge in [0.25, 0.3) is 5.91 Å². The van der Waals surface area contributed by atoms with Gasteiger partial charge in [0, 0.05) is 5.69 Å². The average molecular weight is 374 g/mol. The lowest BCUT2D eigenvalue weighted by Gasteiger charge is -2.14. The lowest BCUT2D eigenvalue weighted by Crippen LogP contribution is -2.50. The molecule has 0 saturated heterocycles. The van der Waals surface area contributed by atoms with Crippen LogP contribution in [-0.4, -0.2) is 22.7 Å². The summed E-state index contributed by atoms with van der Waals surface area (Å²) in [7, 11) is 0. The van der Waals surface area contributed by atoms with Gasteiger partial charge in [-0.05, 0) is 55.1 Å². The van der Waals surface area contributed by atoms with Crippen LogP contribution < -0.4 is 26.2 Å². The van der Waals surface area contributed by atoms with Gasteiger partial charge in [-0.15, -0.1) is 0 Å². The average Bonchev–Trinajstić information content (AvgIpc) is 2.60. The van der Waals surface area contributed by atoms with Crippen LogP contribution in [0.3, 0.4) is 0 Å². The van der Waals surface area contributed by atoms with Crippen LogP contribution in [0.2, 0.25) is 0 Å². The van der Waals surface area contributed by atoms with E-state index in [0.29, 0.717) is 10.9 Å². The van der Waals surface area contributed by atoms with Gasteiger partial charge >= 0.3 is 0 Å². The van der Waals surface area contributed by atoms with E-state index in [1.807, 2.05) is 55.5 Å². The molecule has 0 fully saturated rings. The predicted molar refractivity (Wildman–Crippen MR) is 106 cm³/mol. The number of benzene rings is 2. The topological polar surface area (TPSA) is 74.4 Å². The molecule has 25 heavy (non-hydrogen) atoms. The molecule has 0 radical (unpaired) electrons. The summed E-state index contributed by atoms with van der Waals surface area (Å²) < 4.78 is 5.45. The predicted octanol–water partition coefficient (Wildman–Crippen LogP) is 2.27. The fourth-order valence-electron chi connectivity index (χ4n) is 1.85. The summed E-state index contributed by atoms with van der Waals surface area (Å²) in [6.45, 7) is 1.77. The van der Waals surface area contributed by atoms with Crippen molar-refractivity contribution in [2.45, 2.75) is 6.92 Å². The zero-order valence-corrected chi connectivity index (χ0v) is 15.2. The van der Waals surface area contributed by atoms with Crippen LogP contribution in [0.4, 0.5) is 5.69 Å². The first-order chi connectivity index (χ1) is 12.0. The molecule has 8 heteroatoms. The van der Waals surface area contributed by atoms with Crippen LogP contribution in [0.1, 0.15) is 5.56 Å². The Bertz CT molecular complexity index is 753. The highest BCUT2D eigenvalue weighted by molar-refractivity contribution is 7.80. The molecule has 0 aromatic heterocycles. The van der Waals surface area contributed by atoms with Crippen molar-refractivity contribution in [1.82, 2.24) is 16.2 Å². The zero-order chi connectivity index (χ0) is 18.1. The van der Waals surface area contributed by atoms with Crippen LogP contribution in [0.15, 0.2) is 54.6 Å². The van der Waals surface area contributed by atoms with Gasteiger partial charge < -0.3 is 10.1 Å². The van der Waals surface area contributed by atoms with E-state index in [2.05, 4.69) is 21.5 Å². The van der Waals surface area contributed by atoms with E-state index in [-0.39, 0.29) is 17.6 Å². The van der Waals surface area contributed by atoms with Crippen molar-refractivity contribution in [2.75, 3.05) is 11.9 Å². The molecule has 2 aromatic carbocycles. The highest BCUT2D eigenvalue weighted by Crippen LogP contribution is 2.15. The molecule has 6 nitrogen and oxygen atoms in total. The monoisotopic (exact) mass is 374 g/mol. The molecule has 2 rings (SSSR count). The Morgan fingerprint density at radius 3 is 2.32 bits per heavy atom. The van der Waals surface area contributed by atoms with Gasteiger partial charge in [0.15, 0.2) is 16.8 Å². The van der Waals surface area contributed by atoms with Gasteiger partial charge in [0.1, 0.15) is 5.75 Å². The van der Waals surface area contributed by atoms with Gasteiger partial charge in [-0.3, -0.25) is 21.0 Å². The van der Waals surface area contributed by atoms with Crippen molar-refractivity contribution in [3.05, 3.63) is 60.2 Å². The number of nitrogens with one attached hydrogen (secondary N) is 4. The Morgan fingerprint density at radius 2 is 1.60 bits per heavy atom. The van der Waals surface area contributed by atoms with E-state index in [4.69, 9.17) is 29.2 Å². The summed E-state index contributed by atoms with van der Waals surface area (Å²) in [6, 6.07) is 16.9. The van der Waals surface area contributed by atoms with Crippen molar-refractivity contribution >= 4 is 46.3 Å². The number of para-hydroxylation sites is 2. The summed E-state index contributed by atoms with van der Waals surface area (Å²) in [5.41, 5.74) is 7.12. The number of hydrogen-bond donors (Lipinski definition) is 4. The second-order valence-corrected chi connectivity index (χ2v) is 5.82. The number of thiocarbonyl (C=S) groups is 2. The summed E-state index contributed by atoms with van der Waals surface area (Å²) in [5, 5.41) is 5.87. The number of hydrogen-bond acceptors (Lipinski definition) is 4. The van der Waals surface area contributed by atoms with E-state index in [1.54, 1.807) is 6.07 Å². The maximum atomic E-state index is 11.8. The smallest absolute Gasteiger partial charge is 0.264 e. The molecular formula is C17H18N4O2S2. The summed E-state index contributed by atoms with van der Waals surface area (Å²) >= 11 is 10.1.